The average Bonchev–Trinajstić information content (AvgIpc) is 2.60. The zero-order valence-electron chi connectivity index (χ0n) is 14.1. The molecule has 0 saturated carbocycles. The Morgan fingerprint density at radius 1 is 1.08 bits per heavy atom. The number of hydrogen-bond acceptors (Lipinski definition) is 5. The smallest absolute Gasteiger partial charge is 0.179 e. The van der Waals surface area contributed by atoms with E-state index in [2.05, 4.69) is 0 Å². The number of rotatable bonds is 9. The molecule has 134 valence electrons. The molecule has 0 aliphatic rings. The van der Waals surface area contributed by atoms with Gasteiger partial charge < -0.3 is 24.7 Å². The second-order valence-electron chi connectivity index (χ2n) is 4.96. The van der Waals surface area contributed by atoms with Crippen molar-refractivity contribution in [3.05, 3.63) is 47.0 Å². The molecule has 0 amide bonds. The monoisotopic (exact) mass is 381 g/mol. The first-order valence-corrected chi connectivity index (χ1v) is 8.49. The van der Waals surface area contributed by atoms with E-state index < -0.39 is 0 Å². The van der Waals surface area contributed by atoms with E-state index in [1.807, 2.05) is 25.1 Å². The van der Waals surface area contributed by atoms with E-state index in [9.17, 15) is 0 Å². The Kier molecular flexibility index (Phi) is 7.16. The second-order valence-corrected chi connectivity index (χ2v) is 5.81. The number of nitrogens with two attached hydrogens (primary N) is 1. The molecule has 2 aromatic rings. The Morgan fingerprint density at radius 2 is 1.80 bits per heavy atom. The standard InChI is InChI=1S/C18H20ClNO4S/c1-3-22-16-10-12(18(20)25)9-15(19)17(16)24-8-7-23-14-6-4-5-13(11-14)21-2/h4-6,9-11H,3,7-8H2,1-2H3,(H2,20,25). The van der Waals surface area contributed by atoms with Crippen molar-refractivity contribution in [3.8, 4) is 23.0 Å². The lowest BCUT2D eigenvalue weighted by molar-refractivity contribution is 0.208. The lowest BCUT2D eigenvalue weighted by atomic mass is 10.2. The van der Waals surface area contributed by atoms with Crippen LogP contribution < -0.4 is 24.7 Å². The Bertz CT molecular complexity index is 739. The number of ether oxygens (including phenoxy) is 4. The maximum absolute atomic E-state index is 6.27. The molecule has 25 heavy (non-hydrogen) atoms. The van der Waals surface area contributed by atoms with Crippen LogP contribution in [-0.4, -0.2) is 31.9 Å². The highest BCUT2D eigenvalue weighted by Crippen LogP contribution is 2.36. The lowest BCUT2D eigenvalue weighted by Gasteiger charge is -2.15. The van der Waals surface area contributed by atoms with Gasteiger partial charge in [-0.05, 0) is 31.2 Å². The molecule has 0 unspecified atom stereocenters. The number of thiocarbonyl (C=S) groups is 1. The van der Waals surface area contributed by atoms with Crippen molar-refractivity contribution in [1.29, 1.82) is 0 Å². The third kappa shape index (κ3) is 5.41. The molecule has 0 bridgehead atoms. The molecular weight excluding hydrogens is 362 g/mol. The van der Waals surface area contributed by atoms with Crippen molar-refractivity contribution in [2.45, 2.75) is 6.92 Å². The van der Waals surface area contributed by atoms with Crippen molar-refractivity contribution >= 4 is 28.8 Å². The molecule has 2 aromatic carbocycles. The summed E-state index contributed by atoms with van der Waals surface area (Å²) in [7, 11) is 1.61. The first-order valence-electron chi connectivity index (χ1n) is 7.71. The number of hydrogen-bond donors (Lipinski definition) is 1. The minimum Gasteiger partial charge on any atom is -0.497 e. The Morgan fingerprint density at radius 3 is 2.48 bits per heavy atom. The van der Waals surface area contributed by atoms with Gasteiger partial charge in [0.05, 0.1) is 18.7 Å². The molecule has 0 aliphatic heterocycles. The highest BCUT2D eigenvalue weighted by Gasteiger charge is 2.14. The topological polar surface area (TPSA) is 62.9 Å². The molecule has 0 aliphatic carbocycles. The quantitative estimate of drug-likeness (QED) is 0.526. The summed E-state index contributed by atoms with van der Waals surface area (Å²) in [5, 5.41) is 0.384. The van der Waals surface area contributed by atoms with Gasteiger partial charge in [-0.2, -0.15) is 0 Å². The fraction of sp³-hybridized carbons (Fsp3) is 0.278. The zero-order valence-corrected chi connectivity index (χ0v) is 15.7. The van der Waals surface area contributed by atoms with E-state index in [4.69, 9.17) is 48.5 Å². The van der Waals surface area contributed by atoms with Gasteiger partial charge >= 0.3 is 0 Å². The molecule has 5 nitrogen and oxygen atoms in total. The van der Waals surface area contributed by atoms with E-state index in [0.717, 1.165) is 5.75 Å². The van der Waals surface area contributed by atoms with Crippen LogP contribution >= 0.6 is 23.8 Å². The summed E-state index contributed by atoms with van der Waals surface area (Å²) in [6, 6.07) is 10.7. The first-order chi connectivity index (χ1) is 12.0. The van der Waals surface area contributed by atoms with E-state index in [1.165, 1.54) is 0 Å². The van der Waals surface area contributed by atoms with Crippen LogP contribution in [0.3, 0.4) is 0 Å². The summed E-state index contributed by atoms with van der Waals surface area (Å²) in [6.45, 7) is 2.97. The minimum absolute atomic E-state index is 0.246. The maximum Gasteiger partial charge on any atom is 0.179 e. The molecule has 2 N–H and O–H groups in total. The van der Waals surface area contributed by atoms with Crippen LogP contribution in [0.2, 0.25) is 5.02 Å². The molecular formula is C18H20ClNO4S. The lowest BCUT2D eigenvalue weighted by Crippen LogP contribution is -2.12. The Hall–Kier alpha value is -2.18. The average molecular weight is 382 g/mol. The molecule has 0 fully saturated rings. The van der Waals surface area contributed by atoms with Crippen LogP contribution in [0.1, 0.15) is 12.5 Å². The van der Waals surface area contributed by atoms with Gasteiger partial charge in [-0.3, -0.25) is 0 Å². The van der Waals surface area contributed by atoms with Gasteiger partial charge in [0.2, 0.25) is 0 Å². The van der Waals surface area contributed by atoms with Crippen LogP contribution in [0.15, 0.2) is 36.4 Å². The summed E-state index contributed by atoms with van der Waals surface area (Å²) in [6.07, 6.45) is 0. The molecule has 0 saturated heterocycles. The number of methoxy groups -OCH3 is 1. The largest absolute Gasteiger partial charge is 0.497 e. The van der Waals surface area contributed by atoms with Crippen LogP contribution in [0, 0.1) is 0 Å². The minimum atomic E-state index is 0.246. The van der Waals surface area contributed by atoms with Crippen LogP contribution in [0.5, 0.6) is 23.0 Å². The summed E-state index contributed by atoms with van der Waals surface area (Å²) in [5.41, 5.74) is 6.28. The molecule has 7 heteroatoms. The predicted molar refractivity (Wildman–Crippen MR) is 102 cm³/mol. The van der Waals surface area contributed by atoms with E-state index >= 15 is 0 Å². The Balaban J connectivity index is 2.00. The fourth-order valence-corrected chi connectivity index (χ4v) is 2.49. The van der Waals surface area contributed by atoms with Gasteiger partial charge in [0.25, 0.3) is 0 Å². The summed E-state index contributed by atoms with van der Waals surface area (Å²) < 4.78 is 22.1. The van der Waals surface area contributed by atoms with Gasteiger partial charge in [-0.25, -0.2) is 0 Å². The van der Waals surface area contributed by atoms with Gasteiger partial charge in [-0.1, -0.05) is 29.9 Å². The SMILES string of the molecule is CCOc1cc(C(N)=S)cc(Cl)c1OCCOc1cccc(OC)c1. The van der Waals surface area contributed by atoms with Gasteiger partial charge in [-0.15, -0.1) is 0 Å². The summed E-state index contributed by atoms with van der Waals surface area (Å²) >= 11 is 11.3. The van der Waals surface area contributed by atoms with Crippen molar-refractivity contribution < 1.29 is 18.9 Å². The van der Waals surface area contributed by atoms with Crippen molar-refractivity contribution in [3.63, 3.8) is 0 Å². The zero-order chi connectivity index (χ0) is 18.2. The molecule has 0 radical (unpaired) electrons. The van der Waals surface area contributed by atoms with Gasteiger partial charge in [0.1, 0.15) is 29.7 Å². The number of benzene rings is 2. The Labute approximate surface area is 157 Å². The highest BCUT2D eigenvalue weighted by atomic mass is 35.5. The van der Waals surface area contributed by atoms with Crippen molar-refractivity contribution in [1.82, 2.24) is 0 Å². The molecule has 0 heterocycles. The first kappa shape index (κ1) is 19.1. The van der Waals surface area contributed by atoms with Crippen molar-refractivity contribution in [2.24, 2.45) is 5.73 Å². The summed E-state index contributed by atoms with van der Waals surface area (Å²) in [5.74, 6) is 2.37. The third-order valence-corrected chi connectivity index (χ3v) is 3.75. The maximum atomic E-state index is 6.27. The van der Waals surface area contributed by atoms with Crippen molar-refractivity contribution in [2.75, 3.05) is 26.9 Å². The normalized spacial score (nSPS) is 10.2. The van der Waals surface area contributed by atoms with E-state index in [-0.39, 0.29) is 4.99 Å². The molecule has 2 rings (SSSR count). The fourth-order valence-electron chi connectivity index (χ4n) is 2.11. The van der Waals surface area contributed by atoms with Gasteiger partial charge in [0, 0.05) is 11.6 Å². The molecule has 0 spiro atoms. The summed E-state index contributed by atoms with van der Waals surface area (Å²) in [4.78, 5) is 0.246. The molecule has 0 atom stereocenters. The molecule has 0 aromatic heterocycles. The van der Waals surface area contributed by atoms with Crippen LogP contribution in [-0.2, 0) is 0 Å². The van der Waals surface area contributed by atoms with Crippen LogP contribution in [0.4, 0.5) is 0 Å². The highest BCUT2D eigenvalue weighted by molar-refractivity contribution is 7.80. The van der Waals surface area contributed by atoms with Crippen LogP contribution in [0.25, 0.3) is 0 Å². The second kappa shape index (κ2) is 9.34. The third-order valence-electron chi connectivity index (χ3n) is 3.23. The predicted octanol–water partition coefficient (Wildman–Crippen LogP) is 3.84. The van der Waals surface area contributed by atoms with Gasteiger partial charge in [0.15, 0.2) is 11.5 Å². The van der Waals surface area contributed by atoms with E-state index in [1.54, 1.807) is 25.3 Å². The van der Waals surface area contributed by atoms with E-state index in [0.29, 0.717) is 47.7 Å². The number of halogens is 1.